The van der Waals surface area contributed by atoms with E-state index in [9.17, 15) is 4.39 Å². The molecule has 2 N–H and O–H groups in total. The second-order valence-corrected chi connectivity index (χ2v) is 3.75. The minimum atomic E-state index is -0.414. The van der Waals surface area contributed by atoms with Crippen molar-refractivity contribution in [3.05, 3.63) is 47.5 Å². The molecule has 1 atom stereocenters. The fraction of sp³-hybridized carbons (Fsp3) is 0.250. The molecule has 4 nitrogen and oxygen atoms in total. The fourth-order valence-electron chi connectivity index (χ4n) is 1.74. The zero-order valence-electron chi connectivity index (χ0n) is 10.1. The molecule has 0 bridgehead atoms. The molecule has 0 saturated carbocycles. The van der Waals surface area contributed by atoms with Crippen molar-refractivity contribution in [1.29, 1.82) is 0 Å². The van der Waals surface area contributed by atoms with Crippen LogP contribution in [0.1, 0.15) is 17.3 Å². The van der Waals surface area contributed by atoms with Gasteiger partial charge < -0.3 is 10.5 Å². The first kappa shape index (κ1) is 14.5. The van der Waals surface area contributed by atoms with E-state index in [1.54, 1.807) is 30.1 Å². The van der Waals surface area contributed by atoms with E-state index in [0.717, 1.165) is 5.69 Å². The second-order valence-electron chi connectivity index (χ2n) is 3.75. The molecular weight excluding hydrogens is 257 g/mol. The van der Waals surface area contributed by atoms with Gasteiger partial charge >= 0.3 is 0 Å². The van der Waals surface area contributed by atoms with Crippen LogP contribution < -0.4 is 10.5 Å². The van der Waals surface area contributed by atoms with Crippen LogP contribution >= 0.6 is 12.4 Å². The van der Waals surface area contributed by atoms with Gasteiger partial charge in [0.05, 0.1) is 18.8 Å². The number of halogens is 2. The van der Waals surface area contributed by atoms with Crippen LogP contribution in [-0.2, 0) is 7.05 Å². The van der Waals surface area contributed by atoms with E-state index in [1.807, 2.05) is 6.07 Å². The summed E-state index contributed by atoms with van der Waals surface area (Å²) in [4.78, 5) is 0. The number of benzene rings is 1. The minimum Gasteiger partial charge on any atom is -0.494 e. The largest absolute Gasteiger partial charge is 0.494 e. The number of nitrogens with two attached hydrogens (primary N) is 1. The van der Waals surface area contributed by atoms with Gasteiger partial charge in [0.2, 0.25) is 0 Å². The van der Waals surface area contributed by atoms with Gasteiger partial charge in [-0.05, 0) is 23.8 Å². The molecule has 0 aliphatic heterocycles. The summed E-state index contributed by atoms with van der Waals surface area (Å²) < 4.78 is 20.1. The van der Waals surface area contributed by atoms with Gasteiger partial charge in [-0.15, -0.1) is 12.4 Å². The van der Waals surface area contributed by atoms with E-state index in [-0.39, 0.29) is 18.2 Å². The lowest BCUT2D eigenvalue weighted by molar-refractivity contribution is 0.386. The fourth-order valence-corrected chi connectivity index (χ4v) is 1.74. The van der Waals surface area contributed by atoms with Crippen molar-refractivity contribution in [3.63, 3.8) is 0 Å². The van der Waals surface area contributed by atoms with Crippen LogP contribution in [0.2, 0.25) is 0 Å². The Morgan fingerprint density at radius 1 is 1.39 bits per heavy atom. The zero-order chi connectivity index (χ0) is 12.4. The van der Waals surface area contributed by atoms with Gasteiger partial charge in [0.1, 0.15) is 0 Å². The molecule has 2 aromatic rings. The molecule has 2 rings (SSSR count). The highest BCUT2D eigenvalue weighted by Crippen LogP contribution is 2.24. The van der Waals surface area contributed by atoms with Crippen LogP contribution in [-0.4, -0.2) is 16.9 Å². The van der Waals surface area contributed by atoms with E-state index >= 15 is 0 Å². The first-order chi connectivity index (χ1) is 8.13. The monoisotopic (exact) mass is 271 g/mol. The topological polar surface area (TPSA) is 53.1 Å². The molecule has 0 aliphatic carbocycles. The SMILES string of the molecule is COc1ccc(C(N)c2ccnn2C)cc1F.Cl. The molecule has 18 heavy (non-hydrogen) atoms. The summed E-state index contributed by atoms with van der Waals surface area (Å²) >= 11 is 0. The highest BCUT2D eigenvalue weighted by molar-refractivity contribution is 5.85. The first-order valence-electron chi connectivity index (χ1n) is 5.20. The van der Waals surface area contributed by atoms with Crippen molar-refractivity contribution in [3.8, 4) is 5.75 Å². The number of hydrogen-bond donors (Lipinski definition) is 1. The maximum atomic E-state index is 13.6. The zero-order valence-corrected chi connectivity index (χ0v) is 10.9. The summed E-state index contributed by atoms with van der Waals surface area (Å²) in [5.41, 5.74) is 7.57. The van der Waals surface area contributed by atoms with Crippen molar-refractivity contribution in [2.45, 2.75) is 6.04 Å². The van der Waals surface area contributed by atoms with E-state index in [4.69, 9.17) is 10.5 Å². The Morgan fingerprint density at radius 2 is 2.11 bits per heavy atom. The molecule has 0 amide bonds. The van der Waals surface area contributed by atoms with Gasteiger partial charge in [-0.2, -0.15) is 5.10 Å². The minimum absolute atomic E-state index is 0. The van der Waals surface area contributed by atoms with E-state index < -0.39 is 11.9 Å². The third-order valence-electron chi connectivity index (χ3n) is 2.71. The summed E-state index contributed by atoms with van der Waals surface area (Å²) in [6.45, 7) is 0. The number of aromatic nitrogens is 2. The average molecular weight is 272 g/mol. The van der Waals surface area contributed by atoms with Crippen LogP contribution in [0.15, 0.2) is 30.5 Å². The number of aryl methyl sites for hydroxylation is 1. The predicted molar refractivity (Wildman–Crippen MR) is 69.4 cm³/mol. The Morgan fingerprint density at radius 3 is 2.61 bits per heavy atom. The Bertz CT molecular complexity index is 530. The Labute approximate surface area is 111 Å². The summed E-state index contributed by atoms with van der Waals surface area (Å²) in [5.74, 6) is -0.200. The lowest BCUT2D eigenvalue weighted by Crippen LogP contribution is -2.16. The van der Waals surface area contributed by atoms with Gasteiger partial charge in [-0.1, -0.05) is 6.07 Å². The van der Waals surface area contributed by atoms with Gasteiger partial charge in [0.25, 0.3) is 0 Å². The molecule has 1 unspecified atom stereocenters. The Kier molecular flexibility index (Phi) is 4.69. The molecule has 98 valence electrons. The van der Waals surface area contributed by atoms with Crippen LogP contribution in [0.4, 0.5) is 4.39 Å². The van der Waals surface area contributed by atoms with E-state index in [2.05, 4.69) is 5.10 Å². The lowest BCUT2D eigenvalue weighted by atomic mass is 10.0. The number of methoxy groups -OCH3 is 1. The van der Waals surface area contributed by atoms with Gasteiger partial charge in [0, 0.05) is 13.2 Å². The molecule has 0 spiro atoms. The second kappa shape index (κ2) is 5.84. The molecule has 1 heterocycles. The molecule has 0 aliphatic rings. The summed E-state index contributed by atoms with van der Waals surface area (Å²) in [6.07, 6.45) is 1.66. The summed E-state index contributed by atoms with van der Waals surface area (Å²) in [7, 11) is 3.23. The summed E-state index contributed by atoms with van der Waals surface area (Å²) in [6, 6.07) is 6.12. The van der Waals surface area contributed by atoms with Gasteiger partial charge in [-0.25, -0.2) is 4.39 Å². The number of rotatable bonds is 3. The number of ether oxygens (including phenoxy) is 1. The first-order valence-corrected chi connectivity index (χ1v) is 5.20. The number of hydrogen-bond acceptors (Lipinski definition) is 3. The normalized spacial score (nSPS) is 11.8. The van der Waals surface area contributed by atoms with Crippen molar-refractivity contribution in [2.24, 2.45) is 12.8 Å². The molecule has 6 heteroatoms. The van der Waals surface area contributed by atoms with Crippen molar-refractivity contribution < 1.29 is 9.13 Å². The standard InChI is InChI=1S/C12H14FN3O.ClH/c1-16-10(5-6-15-16)12(14)8-3-4-11(17-2)9(13)7-8;/h3-7,12H,14H2,1-2H3;1H. The quantitative estimate of drug-likeness (QED) is 0.929. The maximum absolute atomic E-state index is 13.6. The van der Waals surface area contributed by atoms with Crippen LogP contribution in [0.5, 0.6) is 5.75 Å². The predicted octanol–water partition coefficient (Wildman–Crippen LogP) is 2.04. The van der Waals surface area contributed by atoms with Crippen LogP contribution in [0.3, 0.4) is 0 Å². The molecule has 1 aromatic heterocycles. The Balaban J connectivity index is 0.00000162. The highest BCUT2D eigenvalue weighted by Gasteiger charge is 2.14. The maximum Gasteiger partial charge on any atom is 0.165 e. The average Bonchev–Trinajstić information content (AvgIpc) is 2.74. The van der Waals surface area contributed by atoms with Crippen molar-refractivity contribution >= 4 is 12.4 Å². The lowest BCUT2D eigenvalue weighted by Gasteiger charge is -2.13. The number of nitrogens with zero attached hydrogens (tertiary/aromatic N) is 2. The molecular formula is C12H15ClFN3O. The third kappa shape index (κ3) is 2.63. The molecule has 0 saturated heterocycles. The van der Waals surface area contributed by atoms with Crippen molar-refractivity contribution in [2.75, 3.05) is 7.11 Å². The van der Waals surface area contributed by atoms with Gasteiger partial charge in [0.15, 0.2) is 11.6 Å². The molecule has 0 radical (unpaired) electrons. The molecule has 1 aromatic carbocycles. The van der Waals surface area contributed by atoms with Crippen molar-refractivity contribution in [1.82, 2.24) is 9.78 Å². The summed E-state index contributed by atoms with van der Waals surface area (Å²) in [5, 5.41) is 4.04. The highest BCUT2D eigenvalue weighted by atomic mass is 35.5. The van der Waals surface area contributed by atoms with Crippen LogP contribution in [0.25, 0.3) is 0 Å². The van der Waals surface area contributed by atoms with E-state index in [0.29, 0.717) is 5.56 Å². The van der Waals surface area contributed by atoms with Crippen LogP contribution in [0, 0.1) is 5.82 Å². The van der Waals surface area contributed by atoms with Gasteiger partial charge in [-0.3, -0.25) is 4.68 Å². The Hall–Kier alpha value is -1.59. The van der Waals surface area contributed by atoms with E-state index in [1.165, 1.54) is 13.2 Å². The smallest absolute Gasteiger partial charge is 0.165 e. The third-order valence-corrected chi connectivity index (χ3v) is 2.71. The molecule has 0 fully saturated rings.